The third-order valence-corrected chi connectivity index (χ3v) is 8.21. The molecule has 0 N–H and O–H groups in total. The van der Waals surface area contributed by atoms with Crippen LogP contribution in [0, 0.1) is 0 Å². The van der Waals surface area contributed by atoms with Crippen molar-refractivity contribution in [2.24, 2.45) is 4.99 Å². The molecule has 0 fully saturated rings. The van der Waals surface area contributed by atoms with E-state index in [2.05, 4.69) is 50.6 Å². The molecule has 0 amide bonds. The SMILES string of the molecule is CC(C)(C)[Si](C)(C)C=C1C=CC=NC1. The van der Waals surface area contributed by atoms with Crippen LogP contribution in [0.5, 0.6) is 0 Å². The molecule has 0 aliphatic carbocycles. The Kier molecular flexibility index (Phi) is 3.15. The number of nitrogens with zero attached hydrogens (tertiary/aromatic N) is 1. The summed E-state index contributed by atoms with van der Waals surface area (Å²) in [6, 6.07) is 0. The van der Waals surface area contributed by atoms with Gasteiger partial charge in [-0.15, -0.1) is 0 Å². The minimum absolute atomic E-state index is 0.426. The van der Waals surface area contributed by atoms with Crippen LogP contribution in [0.25, 0.3) is 0 Å². The predicted octanol–water partition coefficient (Wildman–Crippen LogP) is 3.60. The van der Waals surface area contributed by atoms with E-state index >= 15 is 0 Å². The monoisotopic (exact) mass is 207 g/mol. The Balaban J connectivity index is 2.86. The van der Waals surface area contributed by atoms with Crippen molar-refractivity contribution in [3.8, 4) is 0 Å². The van der Waals surface area contributed by atoms with Gasteiger partial charge in [0.2, 0.25) is 0 Å². The molecular formula is C12H21NSi. The van der Waals surface area contributed by atoms with E-state index in [1.165, 1.54) is 5.57 Å². The molecule has 0 saturated heterocycles. The molecule has 0 saturated carbocycles. The molecule has 0 radical (unpaired) electrons. The van der Waals surface area contributed by atoms with E-state index in [1.54, 1.807) is 0 Å². The Labute approximate surface area is 88.6 Å². The molecular weight excluding hydrogens is 186 g/mol. The van der Waals surface area contributed by atoms with Gasteiger partial charge in [-0.25, -0.2) is 0 Å². The fourth-order valence-corrected chi connectivity index (χ4v) is 2.76. The van der Waals surface area contributed by atoms with Gasteiger partial charge in [0.1, 0.15) is 0 Å². The van der Waals surface area contributed by atoms with Crippen LogP contribution in [0.15, 0.2) is 28.4 Å². The highest BCUT2D eigenvalue weighted by molar-refractivity contribution is 6.84. The lowest BCUT2D eigenvalue weighted by Crippen LogP contribution is -2.35. The Morgan fingerprint density at radius 2 is 2.00 bits per heavy atom. The minimum atomic E-state index is -1.28. The molecule has 78 valence electrons. The molecule has 0 aromatic rings. The summed E-state index contributed by atoms with van der Waals surface area (Å²) in [5.74, 6) is 0. The highest BCUT2D eigenvalue weighted by Gasteiger charge is 2.32. The molecule has 0 aromatic heterocycles. The number of hydrogen-bond donors (Lipinski definition) is 0. The Bertz CT molecular complexity index is 290. The third kappa shape index (κ3) is 2.68. The van der Waals surface area contributed by atoms with Gasteiger partial charge < -0.3 is 0 Å². The third-order valence-electron chi connectivity index (χ3n) is 3.25. The summed E-state index contributed by atoms with van der Waals surface area (Å²) in [4.78, 5) is 4.27. The quantitative estimate of drug-likeness (QED) is 0.583. The van der Waals surface area contributed by atoms with Crippen LogP contribution in [0.3, 0.4) is 0 Å². The second-order valence-corrected chi connectivity index (χ2v) is 10.8. The number of aliphatic imine (C=N–C) groups is 1. The summed E-state index contributed by atoms with van der Waals surface area (Å²) in [6.07, 6.45) is 6.10. The number of dihydropyridines is 1. The van der Waals surface area contributed by atoms with Gasteiger partial charge in [-0.05, 0) is 16.7 Å². The van der Waals surface area contributed by atoms with Crippen molar-refractivity contribution in [1.29, 1.82) is 0 Å². The first-order chi connectivity index (χ1) is 6.33. The fraction of sp³-hybridized carbons (Fsp3) is 0.583. The van der Waals surface area contributed by atoms with E-state index in [1.807, 2.05) is 12.3 Å². The van der Waals surface area contributed by atoms with E-state index in [9.17, 15) is 0 Å². The van der Waals surface area contributed by atoms with Crippen molar-refractivity contribution in [2.45, 2.75) is 38.9 Å². The van der Waals surface area contributed by atoms with Crippen LogP contribution in [0.4, 0.5) is 0 Å². The maximum atomic E-state index is 4.27. The lowest BCUT2D eigenvalue weighted by atomic mass is 10.2. The summed E-state index contributed by atoms with van der Waals surface area (Å²) < 4.78 is 0. The molecule has 0 unspecified atom stereocenters. The maximum Gasteiger partial charge on any atom is 0.0774 e. The highest BCUT2D eigenvalue weighted by Crippen LogP contribution is 2.37. The average molecular weight is 207 g/mol. The normalized spacial score (nSPS) is 20.5. The summed E-state index contributed by atoms with van der Waals surface area (Å²) in [6.45, 7) is 12.7. The fourth-order valence-electron chi connectivity index (χ4n) is 1.21. The van der Waals surface area contributed by atoms with Crippen LogP contribution < -0.4 is 0 Å². The first-order valence-electron chi connectivity index (χ1n) is 5.21. The zero-order valence-electron chi connectivity index (χ0n) is 9.96. The molecule has 0 bridgehead atoms. The van der Waals surface area contributed by atoms with E-state index in [0.717, 1.165) is 6.54 Å². The summed E-state index contributed by atoms with van der Waals surface area (Å²) in [7, 11) is -1.28. The Hall–Kier alpha value is -0.633. The predicted molar refractivity (Wildman–Crippen MR) is 67.8 cm³/mol. The van der Waals surface area contributed by atoms with E-state index < -0.39 is 8.07 Å². The Morgan fingerprint density at radius 1 is 1.36 bits per heavy atom. The van der Waals surface area contributed by atoms with Crippen LogP contribution in [-0.2, 0) is 0 Å². The smallest absolute Gasteiger partial charge is 0.0774 e. The van der Waals surface area contributed by atoms with E-state index in [4.69, 9.17) is 0 Å². The van der Waals surface area contributed by atoms with Crippen molar-refractivity contribution in [3.63, 3.8) is 0 Å². The van der Waals surface area contributed by atoms with Crippen molar-refractivity contribution in [2.75, 3.05) is 6.54 Å². The van der Waals surface area contributed by atoms with Gasteiger partial charge in [0.05, 0.1) is 14.6 Å². The average Bonchev–Trinajstić information content (AvgIpc) is 2.03. The lowest BCUT2D eigenvalue weighted by molar-refractivity contribution is 0.728. The molecule has 0 atom stereocenters. The molecule has 1 rings (SSSR count). The largest absolute Gasteiger partial charge is 0.288 e. The maximum absolute atomic E-state index is 4.27. The molecule has 1 nitrogen and oxygen atoms in total. The van der Waals surface area contributed by atoms with Gasteiger partial charge in [0.25, 0.3) is 0 Å². The van der Waals surface area contributed by atoms with Gasteiger partial charge in [-0.3, -0.25) is 4.99 Å². The van der Waals surface area contributed by atoms with Crippen LogP contribution >= 0.6 is 0 Å². The van der Waals surface area contributed by atoms with Gasteiger partial charge >= 0.3 is 0 Å². The molecule has 1 aliphatic heterocycles. The summed E-state index contributed by atoms with van der Waals surface area (Å²) in [5.41, 5.74) is 3.87. The molecule has 14 heavy (non-hydrogen) atoms. The van der Waals surface area contributed by atoms with Crippen LogP contribution in [0.2, 0.25) is 18.1 Å². The molecule has 0 aromatic carbocycles. The van der Waals surface area contributed by atoms with Gasteiger partial charge in [0, 0.05) is 6.21 Å². The van der Waals surface area contributed by atoms with E-state index in [-0.39, 0.29) is 0 Å². The molecule has 1 aliphatic rings. The number of hydrogen-bond acceptors (Lipinski definition) is 1. The zero-order valence-corrected chi connectivity index (χ0v) is 11.0. The number of allylic oxidation sites excluding steroid dienone is 1. The van der Waals surface area contributed by atoms with Crippen molar-refractivity contribution < 1.29 is 0 Å². The van der Waals surface area contributed by atoms with Crippen LogP contribution in [-0.4, -0.2) is 20.8 Å². The van der Waals surface area contributed by atoms with Gasteiger partial charge in [-0.2, -0.15) is 0 Å². The summed E-state index contributed by atoms with van der Waals surface area (Å²) >= 11 is 0. The van der Waals surface area contributed by atoms with Crippen molar-refractivity contribution in [3.05, 3.63) is 23.4 Å². The second-order valence-electron chi connectivity index (χ2n) is 5.54. The number of rotatable bonds is 1. The van der Waals surface area contributed by atoms with Crippen LogP contribution in [0.1, 0.15) is 20.8 Å². The van der Waals surface area contributed by atoms with E-state index in [0.29, 0.717) is 5.04 Å². The van der Waals surface area contributed by atoms with Gasteiger partial charge in [-0.1, -0.05) is 45.6 Å². The van der Waals surface area contributed by atoms with Crippen molar-refractivity contribution in [1.82, 2.24) is 0 Å². The molecule has 2 heteroatoms. The highest BCUT2D eigenvalue weighted by atomic mass is 28.3. The standard InChI is InChI=1S/C12H21NSi/c1-12(2,3)14(4,5)10-11-7-6-8-13-9-11/h6-8,10H,9H2,1-5H3. The van der Waals surface area contributed by atoms with Gasteiger partial charge in [0.15, 0.2) is 0 Å². The summed E-state index contributed by atoms with van der Waals surface area (Å²) in [5, 5.41) is 0.426. The molecule has 1 heterocycles. The zero-order chi connectivity index (χ0) is 10.8. The second kappa shape index (κ2) is 3.85. The molecule has 0 spiro atoms. The van der Waals surface area contributed by atoms with Crippen molar-refractivity contribution >= 4 is 14.3 Å². The lowest BCUT2D eigenvalue weighted by Gasteiger charge is -2.34. The minimum Gasteiger partial charge on any atom is -0.288 e. The Morgan fingerprint density at radius 3 is 2.43 bits per heavy atom. The first kappa shape index (κ1) is 11.4. The first-order valence-corrected chi connectivity index (χ1v) is 8.29. The topological polar surface area (TPSA) is 12.4 Å².